The number of aliphatic hydroxyl groups excluding tert-OH is 2. The number of methoxy groups -OCH3 is 1. The van der Waals surface area contributed by atoms with Gasteiger partial charge in [-0.25, -0.2) is 0 Å². The van der Waals surface area contributed by atoms with Gasteiger partial charge in [0.2, 0.25) is 0 Å². The quantitative estimate of drug-likeness (QED) is 0.496. The maximum absolute atomic E-state index is 10.8. The van der Waals surface area contributed by atoms with Crippen molar-refractivity contribution in [1.29, 1.82) is 0 Å². The van der Waals surface area contributed by atoms with Gasteiger partial charge in [0.15, 0.2) is 0 Å². The Balaban J connectivity index is 1.76. The zero-order chi connectivity index (χ0) is 20.3. The highest BCUT2D eigenvalue weighted by Crippen LogP contribution is 2.60. The Morgan fingerprint density at radius 2 is 2.04 bits per heavy atom. The molecule has 0 radical (unpaired) electrons. The summed E-state index contributed by atoms with van der Waals surface area (Å²) in [5.41, 5.74) is 0.694. The van der Waals surface area contributed by atoms with Gasteiger partial charge in [-0.2, -0.15) is 0 Å². The summed E-state index contributed by atoms with van der Waals surface area (Å²) < 4.78 is 5.96. The Morgan fingerprint density at radius 3 is 2.68 bits per heavy atom. The van der Waals surface area contributed by atoms with Crippen molar-refractivity contribution in [3.8, 4) is 11.8 Å². The van der Waals surface area contributed by atoms with Crippen LogP contribution in [-0.2, 0) is 9.53 Å². The molecule has 3 fully saturated rings. The molecule has 0 bridgehead atoms. The molecule has 2 unspecified atom stereocenters. The molecule has 3 aliphatic rings. The molecule has 0 aromatic heterocycles. The minimum absolute atomic E-state index is 0.0726. The van der Waals surface area contributed by atoms with Crippen LogP contribution < -0.4 is 0 Å². The second-order valence-corrected chi connectivity index (χ2v) is 8.76. The van der Waals surface area contributed by atoms with E-state index in [2.05, 4.69) is 18.8 Å². The van der Waals surface area contributed by atoms with Gasteiger partial charge >= 0.3 is 5.97 Å². The molecule has 0 aromatic rings. The topological polar surface area (TPSA) is 87.0 Å². The van der Waals surface area contributed by atoms with Crippen LogP contribution in [-0.4, -0.2) is 46.2 Å². The average molecular weight is 391 g/mol. The van der Waals surface area contributed by atoms with Crippen LogP contribution in [0.5, 0.6) is 0 Å². The van der Waals surface area contributed by atoms with Crippen molar-refractivity contribution in [2.24, 2.45) is 23.7 Å². The molecule has 3 saturated carbocycles. The minimum Gasteiger partial charge on any atom is -0.481 e. The van der Waals surface area contributed by atoms with Gasteiger partial charge in [0.05, 0.1) is 17.6 Å². The van der Waals surface area contributed by atoms with Crippen LogP contribution in [0.4, 0.5) is 0 Å². The van der Waals surface area contributed by atoms with E-state index in [1.807, 2.05) is 6.08 Å². The van der Waals surface area contributed by atoms with E-state index in [4.69, 9.17) is 9.84 Å². The van der Waals surface area contributed by atoms with Crippen LogP contribution in [0.1, 0.15) is 64.7 Å². The predicted molar refractivity (Wildman–Crippen MR) is 106 cm³/mol. The molecular formula is C23H34O5. The fraction of sp³-hybridized carbons (Fsp3) is 0.783. The van der Waals surface area contributed by atoms with E-state index in [1.165, 1.54) is 6.42 Å². The highest BCUT2D eigenvalue weighted by Gasteiger charge is 2.62. The molecule has 0 heterocycles. The number of hydrogen-bond acceptors (Lipinski definition) is 4. The highest BCUT2D eigenvalue weighted by atomic mass is 16.5. The Bertz CT molecular complexity index is 654. The second-order valence-electron chi connectivity index (χ2n) is 8.76. The average Bonchev–Trinajstić information content (AvgIpc) is 2.70. The number of rotatable bonds is 5. The molecule has 0 aliphatic heterocycles. The van der Waals surface area contributed by atoms with Gasteiger partial charge in [-0.1, -0.05) is 44.1 Å². The van der Waals surface area contributed by atoms with Crippen LogP contribution in [0, 0.1) is 35.5 Å². The van der Waals surface area contributed by atoms with E-state index in [0.29, 0.717) is 12.8 Å². The largest absolute Gasteiger partial charge is 0.481 e. The van der Waals surface area contributed by atoms with E-state index >= 15 is 0 Å². The molecule has 6 atom stereocenters. The van der Waals surface area contributed by atoms with Crippen molar-refractivity contribution in [3.63, 3.8) is 0 Å². The van der Waals surface area contributed by atoms with Crippen LogP contribution >= 0.6 is 0 Å². The monoisotopic (exact) mass is 390 g/mol. The molecule has 5 nitrogen and oxygen atoms in total. The molecule has 5 heteroatoms. The zero-order valence-corrected chi connectivity index (χ0v) is 17.1. The number of aliphatic hydroxyl groups is 2. The first-order valence-electron chi connectivity index (χ1n) is 10.8. The molecule has 28 heavy (non-hydrogen) atoms. The number of carbonyl (C=O) groups is 1. The third-order valence-electron chi connectivity index (χ3n) is 7.25. The normalized spacial score (nSPS) is 38.1. The lowest BCUT2D eigenvalue weighted by Gasteiger charge is -2.61. The number of carboxylic acid groups (broad SMARTS) is 1. The first-order valence-corrected chi connectivity index (χ1v) is 10.8. The van der Waals surface area contributed by atoms with Gasteiger partial charge in [0.25, 0.3) is 0 Å². The van der Waals surface area contributed by atoms with Crippen molar-refractivity contribution in [2.45, 2.75) is 82.5 Å². The van der Waals surface area contributed by atoms with Crippen molar-refractivity contribution < 1.29 is 24.9 Å². The lowest BCUT2D eigenvalue weighted by molar-refractivity contribution is -0.162. The summed E-state index contributed by atoms with van der Waals surface area (Å²) in [4.78, 5) is 10.8. The molecule has 3 aliphatic carbocycles. The number of fused-ring (bicyclic) bond motifs is 1. The van der Waals surface area contributed by atoms with Crippen molar-refractivity contribution >= 4 is 5.97 Å². The molecule has 3 N–H and O–H groups in total. The van der Waals surface area contributed by atoms with E-state index in [0.717, 1.165) is 37.7 Å². The van der Waals surface area contributed by atoms with Gasteiger partial charge in [-0.15, -0.1) is 0 Å². The number of aliphatic carboxylic acids is 1. The van der Waals surface area contributed by atoms with Gasteiger partial charge < -0.3 is 20.1 Å². The smallest absolute Gasteiger partial charge is 0.303 e. The summed E-state index contributed by atoms with van der Waals surface area (Å²) in [5.74, 6) is 5.79. The number of allylic oxidation sites excluding steroid dienone is 1. The maximum Gasteiger partial charge on any atom is 0.303 e. The maximum atomic E-state index is 10.8. The van der Waals surface area contributed by atoms with Crippen LogP contribution in [0.15, 0.2) is 11.6 Å². The SMILES string of the molecule is CO[C@@]12CC[C@H](O)[C@@H](C#CC(O)C3CCCCC3)[C@@H]1C(C)/C2=C/CCC(=O)O. The number of hydrogen-bond donors (Lipinski definition) is 3. The summed E-state index contributed by atoms with van der Waals surface area (Å²) in [6, 6.07) is 0. The first kappa shape index (κ1) is 21.4. The van der Waals surface area contributed by atoms with Crippen molar-refractivity contribution in [1.82, 2.24) is 0 Å². The standard InChI is InChI=1S/C23H34O5/c1-15-18(9-6-10-21(26)27)23(28-2)14-13-20(25)17(22(15)23)11-12-19(24)16-7-4-3-5-8-16/h9,15-17,19-20,22,24-25H,3-8,10,13-14H2,1-2H3,(H,26,27)/b18-9-/t15?,17-,19?,20+,22+,23-/m1/s1. The van der Waals surface area contributed by atoms with Gasteiger partial charge in [-0.3, -0.25) is 4.79 Å². The summed E-state index contributed by atoms with van der Waals surface area (Å²) in [7, 11) is 1.70. The van der Waals surface area contributed by atoms with Crippen LogP contribution in [0.3, 0.4) is 0 Å². The Hall–Kier alpha value is -1.35. The molecule has 0 saturated heterocycles. The highest BCUT2D eigenvalue weighted by molar-refractivity contribution is 5.66. The number of ether oxygens (including phenoxy) is 1. The number of carboxylic acids is 1. The summed E-state index contributed by atoms with van der Waals surface area (Å²) in [6.07, 6.45) is 8.43. The van der Waals surface area contributed by atoms with E-state index in [9.17, 15) is 15.0 Å². The van der Waals surface area contributed by atoms with Crippen molar-refractivity contribution in [3.05, 3.63) is 11.6 Å². The van der Waals surface area contributed by atoms with E-state index in [1.54, 1.807) is 7.11 Å². The second kappa shape index (κ2) is 8.98. The predicted octanol–water partition coefficient (Wildman–Crippen LogP) is 3.14. The van der Waals surface area contributed by atoms with Gasteiger partial charge in [-0.05, 0) is 49.5 Å². The van der Waals surface area contributed by atoms with Crippen LogP contribution in [0.25, 0.3) is 0 Å². The fourth-order valence-electron chi connectivity index (χ4n) is 5.77. The van der Waals surface area contributed by atoms with Crippen molar-refractivity contribution in [2.75, 3.05) is 7.11 Å². The molecular weight excluding hydrogens is 356 g/mol. The summed E-state index contributed by atoms with van der Waals surface area (Å²) >= 11 is 0. The molecule has 0 aromatic carbocycles. The summed E-state index contributed by atoms with van der Waals surface area (Å²) in [5, 5.41) is 30.1. The van der Waals surface area contributed by atoms with E-state index < -0.39 is 23.8 Å². The van der Waals surface area contributed by atoms with Crippen LogP contribution in [0.2, 0.25) is 0 Å². The molecule has 3 rings (SSSR count). The third kappa shape index (κ3) is 4.01. The summed E-state index contributed by atoms with van der Waals surface area (Å²) in [6.45, 7) is 2.11. The van der Waals surface area contributed by atoms with Gasteiger partial charge in [0.1, 0.15) is 6.10 Å². The lowest BCUT2D eigenvalue weighted by Crippen LogP contribution is -2.64. The molecule has 0 amide bonds. The van der Waals surface area contributed by atoms with E-state index in [-0.39, 0.29) is 30.1 Å². The fourth-order valence-corrected chi connectivity index (χ4v) is 5.77. The Labute approximate surface area is 168 Å². The minimum atomic E-state index is -0.800. The molecule has 0 spiro atoms. The van der Waals surface area contributed by atoms with Gasteiger partial charge in [0, 0.05) is 19.4 Å². The zero-order valence-electron chi connectivity index (χ0n) is 17.1. The first-order chi connectivity index (χ1) is 13.4. The lowest BCUT2D eigenvalue weighted by atomic mass is 9.48. The molecule has 156 valence electrons. The Morgan fingerprint density at radius 1 is 1.32 bits per heavy atom. The Kier molecular flexibility index (Phi) is 6.85. The third-order valence-corrected chi connectivity index (χ3v) is 7.25.